The Labute approximate surface area is 209 Å². The summed E-state index contributed by atoms with van der Waals surface area (Å²) < 4.78 is 13.4. The summed E-state index contributed by atoms with van der Waals surface area (Å²) in [6, 6.07) is 21.6. The third-order valence-corrected chi connectivity index (χ3v) is 8.09. The van der Waals surface area contributed by atoms with Gasteiger partial charge < -0.3 is 9.47 Å². The third-order valence-electron chi connectivity index (χ3n) is 6.77. The van der Waals surface area contributed by atoms with Crippen LogP contribution in [0.4, 0.5) is 0 Å². The summed E-state index contributed by atoms with van der Waals surface area (Å²) in [5, 5.41) is 0.649. The maximum absolute atomic E-state index is 13.8. The number of aryl methyl sites for hydroxylation is 1. The molecule has 0 amide bonds. The van der Waals surface area contributed by atoms with Crippen LogP contribution in [0, 0.1) is 0 Å². The molecule has 0 saturated heterocycles. The fourth-order valence-electron chi connectivity index (χ4n) is 5.15. The minimum absolute atomic E-state index is 0.0678. The number of rotatable bonds is 2. The van der Waals surface area contributed by atoms with Gasteiger partial charge >= 0.3 is 0 Å². The van der Waals surface area contributed by atoms with E-state index >= 15 is 0 Å². The molecule has 4 aromatic rings. The highest BCUT2D eigenvalue weighted by Gasteiger charge is 2.33. The van der Waals surface area contributed by atoms with Crippen LogP contribution in [0.3, 0.4) is 0 Å². The van der Waals surface area contributed by atoms with E-state index in [4.69, 9.17) is 26.1 Å². The maximum atomic E-state index is 13.8. The minimum Gasteiger partial charge on any atom is -0.454 e. The predicted molar refractivity (Wildman–Crippen MR) is 137 cm³/mol. The van der Waals surface area contributed by atoms with Gasteiger partial charge in [-0.05, 0) is 59.4 Å². The Kier molecular flexibility index (Phi) is 4.72. The van der Waals surface area contributed by atoms with Crippen molar-refractivity contribution in [1.29, 1.82) is 0 Å². The number of hydrogen-bond donors (Lipinski definition) is 0. The monoisotopic (exact) mass is 498 g/mol. The maximum Gasteiger partial charge on any atom is 0.271 e. The van der Waals surface area contributed by atoms with E-state index in [9.17, 15) is 4.79 Å². The first-order valence-corrected chi connectivity index (χ1v) is 12.6. The fourth-order valence-corrected chi connectivity index (χ4v) is 6.39. The largest absolute Gasteiger partial charge is 0.454 e. The highest BCUT2D eigenvalue weighted by atomic mass is 35.5. The fraction of sp³-hybridized carbons (Fsp3) is 0.143. The van der Waals surface area contributed by atoms with Gasteiger partial charge in [0.1, 0.15) is 0 Å². The van der Waals surface area contributed by atoms with Gasteiger partial charge in [0.2, 0.25) is 6.79 Å². The van der Waals surface area contributed by atoms with Crippen LogP contribution < -0.4 is 24.4 Å². The highest BCUT2D eigenvalue weighted by Crippen LogP contribution is 2.42. The molecule has 0 fully saturated rings. The van der Waals surface area contributed by atoms with Gasteiger partial charge in [-0.25, -0.2) is 4.99 Å². The molecule has 0 unspecified atom stereocenters. The van der Waals surface area contributed by atoms with E-state index in [0.29, 0.717) is 25.9 Å². The molecule has 0 bridgehead atoms. The lowest BCUT2D eigenvalue weighted by atomic mass is 9.83. The number of allylic oxidation sites excluding steroid dienone is 1. The summed E-state index contributed by atoms with van der Waals surface area (Å²) in [5.74, 6) is 1.40. The van der Waals surface area contributed by atoms with Crippen molar-refractivity contribution in [2.75, 3.05) is 6.79 Å². The first-order chi connectivity index (χ1) is 17.2. The van der Waals surface area contributed by atoms with Crippen LogP contribution in [0.15, 0.2) is 82.1 Å². The first-order valence-electron chi connectivity index (χ1n) is 11.4. The van der Waals surface area contributed by atoms with Crippen molar-refractivity contribution < 1.29 is 9.47 Å². The molecule has 0 spiro atoms. The van der Waals surface area contributed by atoms with Crippen LogP contribution in [0.25, 0.3) is 11.8 Å². The van der Waals surface area contributed by atoms with E-state index in [1.54, 1.807) is 0 Å². The zero-order valence-corrected chi connectivity index (χ0v) is 20.1. The van der Waals surface area contributed by atoms with Crippen molar-refractivity contribution in [3.63, 3.8) is 0 Å². The smallest absolute Gasteiger partial charge is 0.271 e. The molecule has 7 rings (SSSR count). The van der Waals surface area contributed by atoms with Gasteiger partial charge in [-0.3, -0.25) is 9.36 Å². The van der Waals surface area contributed by atoms with Crippen molar-refractivity contribution in [1.82, 2.24) is 4.57 Å². The van der Waals surface area contributed by atoms with Crippen molar-refractivity contribution >= 4 is 34.7 Å². The van der Waals surface area contributed by atoms with Crippen molar-refractivity contribution in [2.45, 2.75) is 18.9 Å². The molecule has 0 saturated carbocycles. The molecule has 3 heterocycles. The molecule has 1 aromatic heterocycles. The van der Waals surface area contributed by atoms with Crippen LogP contribution in [0.5, 0.6) is 11.5 Å². The van der Waals surface area contributed by atoms with E-state index in [0.717, 1.165) is 40.8 Å². The molecule has 0 radical (unpaired) electrons. The Morgan fingerprint density at radius 2 is 1.83 bits per heavy atom. The summed E-state index contributed by atoms with van der Waals surface area (Å²) in [6.07, 6.45) is 3.64. The molecule has 7 heteroatoms. The summed E-state index contributed by atoms with van der Waals surface area (Å²) >= 11 is 8.10. The lowest BCUT2D eigenvalue weighted by molar-refractivity contribution is 0.174. The second-order valence-corrected chi connectivity index (χ2v) is 10.2. The molecule has 172 valence electrons. The quantitative estimate of drug-likeness (QED) is 0.402. The second kappa shape index (κ2) is 7.97. The van der Waals surface area contributed by atoms with E-state index in [2.05, 4.69) is 18.2 Å². The number of hydrogen-bond acceptors (Lipinski definition) is 5. The Morgan fingerprint density at radius 1 is 1.00 bits per heavy atom. The molecule has 3 aliphatic rings. The van der Waals surface area contributed by atoms with Gasteiger partial charge in [0.15, 0.2) is 16.3 Å². The molecule has 35 heavy (non-hydrogen) atoms. The number of nitrogens with zero attached hydrogens (tertiary/aromatic N) is 2. The molecule has 3 aromatic carbocycles. The SMILES string of the molecule is O=c1c(=Cc2ccc3c(c2)OCO3)sc2n1[C@@H](c1ccccc1Cl)C1=C(N=2)c2ccccc2CC1. The molecular formula is C28H19ClN2O3S. The van der Waals surface area contributed by atoms with Gasteiger partial charge in [0.05, 0.1) is 16.3 Å². The number of fused-ring (bicyclic) bond motifs is 4. The number of thiazole rings is 1. The van der Waals surface area contributed by atoms with Crippen molar-refractivity contribution in [2.24, 2.45) is 4.99 Å². The van der Waals surface area contributed by atoms with Gasteiger partial charge in [-0.15, -0.1) is 0 Å². The standard InChI is InChI=1S/C28H19ClN2O3S/c29-21-8-4-3-7-19(21)26-20-11-10-17-5-1-2-6-18(17)25(20)30-28-31(26)27(32)24(35-28)14-16-9-12-22-23(13-16)34-15-33-22/h1-9,12-14,26H,10-11,15H2/t26-/m0/s1. The number of benzene rings is 3. The van der Waals surface area contributed by atoms with Crippen LogP contribution in [-0.4, -0.2) is 11.4 Å². The van der Waals surface area contributed by atoms with Crippen molar-refractivity contribution in [3.8, 4) is 11.5 Å². The average molecular weight is 499 g/mol. The van der Waals surface area contributed by atoms with Gasteiger partial charge in [0, 0.05) is 10.6 Å². The van der Waals surface area contributed by atoms with E-state index < -0.39 is 0 Å². The number of ether oxygens (including phenoxy) is 2. The highest BCUT2D eigenvalue weighted by molar-refractivity contribution is 7.07. The van der Waals surface area contributed by atoms with E-state index in [-0.39, 0.29) is 18.4 Å². The zero-order valence-electron chi connectivity index (χ0n) is 18.5. The van der Waals surface area contributed by atoms with Gasteiger partial charge in [-0.2, -0.15) is 0 Å². The summed E-state index contributed by atoms with van der Waals surface area (Å²) in [4.78, 5) is 19.6. The minimum atomic E-state index is -0.290. The molecular weight excluding hydrogens is 480 g/mol. The lowest BCUT2D eigenvalue weighted by Crippen LogP contribution is -2.38. The topological polar surface area (TPSA) is 52.8 Å². The second-order valence-electron chi connectivity index (χ2n) is 8.75. The summed E-state index contributed by atoms with van der Waals surface area (Å²) in [5.41, 5.74) is 6.26. The van der Waals surface area contributed by atoms with Crippen LogP contribution in [-0.2, 0) is 6.42 Å². The van der Waals surface area contributed by atoms with Crippen molar-refractivity contribution in [3.05, 3.63) is 119 Å². The Morgan fingerprint density at radius 3 is 2.74 bits per heavy atom. The van der Waals surface area contributed by atoms with Crippen LogP contribution in [0.1, 0.15) is 34.7 Å². The Hall–Kier alpha value is -3.61. The third kappa shape index (κ3) is 3.28. The molecule has 1 aliphatic carbocycles. The molecule has 0 N–H and O–H groups in total. The summed E-state index contributed by atoms with van der Waals surface area (Å²) in [6.45, 7) is 0.214. The first kappa shape index (κ1) is 20.7. The Bertz CT molecular complexity index is 1730. The van der Waals surface area contributed by atoms with E-state index in [1.165, 1.54) is 16.9 Å². The molecule has 1 atom stereocenters. The average Bonchev–Trinajstić information content (AvgIpc) is 3.47. The van der Waals surface area contributed by atoms with Crippen LogP contribution in [0.2, 0.25) is 5.02 Å². The normalized spacial score (nSPS) is 18.1. The van der Waals surface area contributed by atoms with Gasteiger partial charge in [-0.1, -0.05) is 71.5 Å². The molecule has 2 aliphatic heterocycles. The Balaban J connectivity index is 1.48. The summed E-state index contributed by atoms with van der Waals surface area (Å²) in [7, 11) is 0. The van der Waals surface area contributed by atoms with Gasteiger partial charge in [0.25, 0.3) is 5.56 Å². The van der Waals surface area contributed by atoms with Crippen LogP contribution >= 0.6 is 22.9 Å². The zero-order chi connectivity index (χ0) is 23.5. The lowest BCUT2D eigenvalue weighted by Gasteiger charge is -2.31. The number of aromatic nitrogens is 1. The number of halogens is 1. The predicted octanol–water partition coefficient (Wildman–Crippen LogP) is 4.70. The van der Waals surface area contributed by atoms with E-state index in [1.807, 2.05) is 59.2 Å². The molecule has 5 nitrogen and oxygen atoms in total.